The highest BCUT2D eigenvalue weighted by Gasteiger charge is 2.50. The zero-order chi connectivity index (χ0) is 12.5. The molecule has 1 aliphatic heterocycles. The fourth-order valence-corrected chi connectivity index (χ4v) is 4.70. The Kier molecular flexibility index (Phi) is 4.14. The van der Waals surface area contributed by atoms with Gasteiger partial charge in [-0.1, -0.05) is 26.7 Å². The first kappa shape index (κ1) is 13.4. The third-order valence-corrected chi connectivity index (χ3v) is 5.54. The summed E-state index contributed by atoms with van der Waals surface area (Å²) in [5.41, 5.74) is 6.59. The molecule has 0 spiro atoms. The van der Waals surface area contributed by atoms with E-state index in [9.17, 15) is 0 Å². The smallest absolute Gasteiger partial charge is 0.0365 e. The van der Waals surface area contributed by atoms with Crippen molar-refractivity contribution in [3.05, 3.63) is 0 Å². The molecule has 0 aromatic rings. The van der Waals surface area contributed by atoms with E-state index in [1.807, 2.05) is 0 Å². The second-order valence-corrected chi connectivity index (χ2v) is 6.20. The summed E-state index contributed by atoms with van der Waals surface area (Å²) in [6.07, 6.45) is 9.47. The van der Waals surface area contributed by atoms with E-state index in [4.69, 9.17) is 5.73 Å². The number of hydrogen-bond donors (Lipinski definition) is 1. The summed E-state index contributed by atoms with van der Waals surface area (Å²) >= 11 is 0. The molecule has 0 amide bonds. The van der Waals surface area contributed by atoms with Gasteiger partial charge in [0.2, 0.25) is 0 Å². The summed E-state index contributed by atoms with van der Waals surface area (Å²) in [4.78, 5) is 2.84. The van der Waals surface area contributed by atoms with Crippen molar-refractivity contribution in [3.8, 4) is 0 Å². The zero-order valence-corrected chi connectivity index (χ0v) is 11.9. The maximum absolute atomic E-state index is 6.25. The second-order valence-electron chi connectivity index (χ2n) is 6.20. The van der Waals surface area contributed by atoms with Crippen molar-refractivity contribution in [2.75, 3.05) is 6.54 Å². The van der Waals surface area contributed by atoms with Crippen molar-refractivity contribution >= 4 is 0 Å². The van der Waals surface area contributed by atoms with Crippen molar-refractivity contribution < 1.29 is 0 Å². The van der Waals surface area contributed by atoms with Crippen molar-refractivity contribution in [1.29, 1.82) is 0 Å². The molecule has 4 atom stereocenters. The molecule has 2 nitrogen and oxygen atoms in total. The first-order chi connectivity index (χ1) is 8.19. The SMILES string of the molecule is CCC1CCC(C)N1C1(CN)CCCC1CC. The largest absolute Gasteiger partial charge is 0.329 e. The molecular formula is C15H30N2. The second kappa shape index (κ2) is 5.27. The Hall–Kier alpha value is -0.0800. The third-order valence-electron chi connectivity index (χ3n) is 5.54. The summed E-state index contributed by atoms with van der Waals surface area (Å²) < 4.78 is 0. The summed E-state index contributed by atoms with van der Waals surface area (Å²) in [6, 6.07) is 1.54. The molecule has 1 saturated carbocycles. The molecular weight excluding hydrogens is 208 g/mol. The van der Waals surface area contributed by atoms with Crippen LogP contribution in [0.1, 0.15) is 65.7 Å². The average Bonchev–Trinajstić information content (AvgIpc) is 2.92. The maximum Gasteiger partial charge on any atom is 0.0365 e. The average molecular weight is 238 g/mol. The van der Waals surface area contributed by atoms with E-state index in [0.717, 1.165) is 24.5 Å². The van der Waals surface area contributed by atoms with E-state index in [0.29, 0.717) is 5.54 Å². The van der Waals surface area contributed by atoms with Gasteiger partial charge in [-0.2, -0.15) is 0 Å². The Balaban J connectivity index is 2.26. The van der Waals surface area contributed by atoms with Crippen LogP contribution < -0.4 is 5.73 Å². The molecule has 1 aliphatic carbocycles. The molecule has 17 heavy (non-hydrogen) atoms. The fraction of sp³-hybridized carbons (Fsp3) is 1.00. The molecule has 100 valence electrons. The Bertz CT molecular complexity index is 253. The third kappa shape index (κ3) is 2.04. The van der Waals surface area contributed by atoms with E-state index < -0.39 is 0 Å². The van der Waals surface area contributed by atoms with Gasteiger partial charge in [-0.15, -0.1) is 0 Å². The molecule has 2 N–H and O–H groups in total. The number of hydrogen-bond acceptors (Lipinski definition) is 2. The number of likely N-dealkylation sites (tertiary alicyclic amines) is 1. The minimum Gasteiger partial charge on any atom is -0.329 e. The topological polar surface area (TPSA) is 29.3 Å². The lowest BCUT2D eigenvalue weighted by molar-refractivity contribution is 0.0146. The summed E-state index contributed by atoms with van der Waals surface area (Å²) in [5, 5.41) is 0. The van der Waals surface area contributed by atoms with Crippen molar-refractivity contribution in [1.82, 2.24) is 4.90 Å². The molecule has 2 heteroatoms. The monoisotopic (exact) mass is 238 g/mol. The van der Waals surface area contributed by atoms with Crippen molar-refractivity contribution in [2.24, 2.45) is 11.7 Å². The molecule has 2 rings (SSSR count). The van der Waals surface area contributed by atoms with Crippen LogP contribution in [0.2, 0.25) is 0 Å². The van der Waals surface area contributed by atoms with Crippen LogP contribution in [0.5, 0.6) is 0 Å². The van der Waals surface area contributed by atoms with E-state index in [1.54, 1.807) is 0 Å². The van der Waals surface area contributed by atoms with E-state index in [1.165, 1.54) is 44.9 Å². The van der Waals surface area contributed by atoms with Gasteiger partial charge < -0.3 is 5.73 Å². The van der Waals surface area contributed by atoms with E-state index >= 15 is 0 Å². The number of nitrogens with zero attached hydrogens (tertiary/aromatic N) is 1. The van der Waals surface area contributed by atoms with Gasteiger partial charge >= 0.3 is 0 Å². The van der Waals surface area contributed by atoms with Gasteiger partial charge in [0.05, 0.1) is 0 Å². The van der Waals surface area contributed by atoms with E-state index in [2.05, 4.69) is 25.7 Å². The minimum absolute atomic E-state index is 0.339. The molecule has 2 aliphatic rings. The summed E-state index contributed by atoms with van der Waals surface area (Å²) in [7, 11) is 0. The molecule has 0 aromatic carbocycles. The van der Waals surface area contributed by atoms with Crippen LogP contribution in [0.3, 0.4) is 0 Å². The fourth-order valence-electron chi connectivity index (χ4n) is 4.70. The van der Waals surface area contributed by atoms with Gasteiger partial charge in [-0.05, 0) is 44.9 Å². The lowest BCUT2D eigenvalue weighted by atomic mass is 9.82. The molecule has 2 fully saturated rings. The highest BCUT2D eigenvalue weighted by atomic mass is 15.3. The van der Waals surface area contributed by atoms with Crippen LogP contribution in [-0.4, -0.2) is 29.1 Å². The van der Waals surface area contributed by atoms with Gasteiger partial charge in [-0.25, -0.2) is 0 Å². The number of nitrogens with two attached hydrogens (primary N) is 1. The van der Waals surface area contributed by atoms with Gasteiger partial charge in [0, 0.05) is 24.2 Å². The van der Waals surface area contributed by atoms with Crippen LogP contribution in [0.15, 0.2) is 0 Å². The van der Waals surface area contributed by atoms with Gasteiger partial charge in [-0.3, -0.25) is 4.90 Å². The van der Waals surface area contributed by atoms with Crippen molar-refractivity contribution in [2.45, 2.75) is 83.3 Å². The molecule has 1 heterocycles. The molecule has 0 radical (unpaired) electrons. The van der Waals surface area contributed by atoms with Gasteiger partial charge in [0.1, 0.15) is 0 Å². The molecule has 0 aromatic heterocycles. The van der Waals surface area contributed by atoms with Crippen LogP contribution in [-0.2, 0) is 0 Å². The Morgan fingerprint density at radius 2 is 1.94 bits per heavy atom. The Morgan fingerprint density at radius 3 is 2.53 bits per heavy atom. The Labute approximate surface area is 107 Å². The maximum atomic E-state index is 6.25. The molecule has 0 bridgehead atoms. The van der Waals surface area contributed by atoms with Crippen LogP contribution >= 0.6 is 0 Å². The first-order valence-corrected chi connectivity index (χ1v) is 7.68. The number of rotatable bonds is 4. The van der Waals surface area contributed by atoms with Gasteiger partial charge in [0.15, 0.2) is 0 Å². The standard InChI is InChI=1S/C15H30N2/c1-4-13-7-6-10-15(13,11-16)17-12(3)8-9-14(17)5-2/h12-14H,4-11,16H2,1-3H3. The van der Waals surface area contributed by atoms with Crippen molar-refractivity contribution in [3.63, 3.8) is 0 Å². The summed E-state index contributed by atoms with van der Waals surface area (Å²) in [6.45, 7) is 7.97. The molecule has 1 saturated heterocycles. The van der Waals surface area contributed by atoms with Crippen LogP contribution in [0.25, 0.3) is 0 Å². The molecule has 4 unspecified atom stereocenters. The van der Waals surface area contributed by atoms with Crippen LogP contribution in [0.4, 0.5) is 0 Å². The highest BCUT2D eigenvalue weighted by molar-refractivity contribution is 5.06. The first-order valence-electron chi connectivity index (χ1n) is 7.68. The van der Waals surface area contributed by atoms with E-state index in [-0.39, 0.29) is 0 Å². The predicted octanol–water partition coefficient (Wildman–Crippen LogP) is 3.16. The van der Waals surface area contributed by atoms with Crippen LogP contribution in [0, 0.1) is 5.92 Å². The quantitative estimate of drug-likeness (QED) is 0.815. The highest BCUT2D eigenvalue weighted by Crippen LogP contribution is 2.46. The zero-order valence-electron chi connectivity index (χ0n) is 11.9. The predicted molar refractivity (Wildman–Crippen MR) is 74.0 cm³/mol. The Morgan fingerprint density at radius 1 is 1.18 bits per heavy atom. The lowest BCUT2D eigenvalue weighted by Crippen LogP contribution is -2.59. The van der Waals surface area contributed by atoms with Gasteiger partial charge in [0.25, 0.3) is 0 Å². The summed E-state index contributed by atoms with van der Waals surface area (Å²) in [5.74, 6) is 0.835. The normalized spacial score (nSPS) is 43.4. The lowest BCUT2D eigenvalue weighted by Gasteiger charge is -2.48. The minimum atomic E-state index is 0.339.